The summed E-state index contributed by atoms with van der Waals surface area (Å²) in [5.74, 6) is -0.931. The number of carboxylic acids is 1. The first-order chi connectivity index (χ1) is 9.63. The van der Waals surface area contributed by atoms with Gasteiger partial charge in [-0.2, -0.15) is 5.26 Å². The molecule has 0 aliphatic carbocycles. The Balaban J connectivity index is 2.88. The number of carbonyl (C=O) groups is 1. The SMILES string of the molecule is COCCCC(Nc1cccc(SC)c1C#N)C(=O)O. The molecule has 1 unspecified atom stereocenters. The van der Waals surface area contributed by atoms with Crippen LogP contribution in [0.4, 0.5) is 5.69 Å². The van der Waals surface area contributed by atoms with Gasteiger partial charge in [-0.15, -0.1) is 11.8 Å². The maximum atomic E-state index is 11.3. The van der Waals surface area contributed by atoms with E-state index >= 15 is 0 Å². The Labute approximate surface area is 122 Å². The number of nitriles is 1. The molecule has 0 saturated heterocycles. The quantitative estimate of drug-likeness (QED) is 0.566. The van der Waals surface area contributed by atoms with Crippen LogP contribution in [0, 0.1) is 11.3 Å². The summed E-state index contributed by atoms with van der Waals surface area (Å²) < 4.78 is 4.93. The van der Waals surface area contributed by atoms with Crippen molar-refractivity contribution in [2.45, 2.75) is 23.8 Å². The molecule has 20 heavy (non-hydrogen) atoms. The second-order valence-corrected chi connectivity index (χ2v) is 5.01. The smallest absolute Gasteiger partial charge is 0.326 e. The number of aliphatic carboxylic acids is 1. The van der Waals surface area contributed by atoms with Crippen LogP contribution < -0.4 is 5.32 Å². The fourth-order valence-corrected chi connectivity index (χ4v) is 2.39. The van der Waals surface area contributed by atoms with Gasteiger partial charge in [-0.1, -0.05) is 6.07 Å². The lowest BCUT2D eigenvalue weighted by molar-refractivity contribution is -0.138. The largest absolute Gasteiger partial charge is 0.480 e. The van der Waals surface area contributed by atoms with E-state index < -0.39 is 12.0 Å². The van der Waals surface area contributed by atoms with E-state index in [0.717, 1.165) is 4.90 Å². The summed E-state index contributed by atoms with van der Waals surface area (Å²) in [6, 6.07) is 6.78. The van der Waals surface area contributed by atoms with Crippen LogP contribution >= 0.6 is 11.8 Å². The van der Waals surface area contributed by atoms with E-state index in [-0.39, 0.29) is 0 Å². The average molecular weight is 294 g/mol. The second kappa shape index (κ2) is 8.46. The Morgan fingerprint density at radius 1 is 1.60 bits per heavy atom. The van der Waals surface area contributed by atoms with Crippen molar-refractivity contribution in [3.05, 3.63) is 23.8 Å². The Morgan fingerprint density at radius 2 is 2.35 bits per heavy atom. The van der Waals surface area contributed by atoms with Crippen LogP contribution in [-0.4, -0.2) is 37.1 Å². The molecule has 0 heterocycles. The third-order valence-electron chi connectivity index (χ3n) is 2.83. The Kier molecular flexibility index (Phi) is 6.91. The van der Waals surface area contributed by atoms with Gasteiger partial charge in [-0.05, 0) is 31.2 Å². The zero-order valence-electron chi connectivity index (χ0n) is 11.5. The summed E-state index contributed by atoms with van der Waals surface area (Å²) in [4.78, 5) is 12.1. The highest BCUT2D eigenvalue weighted by molar-refractivity contribution is 7.98. The first-order valence-electron chi connectivity index (χ1n) is 6.19. The molecule has 6 heteroatoms. The number of thioether (sulfide) groups is 1. The average Bonchev–Trinajstić information content (AvgIpc) is 2.45. The van der Waals surface area contributed by atoms with Gasteiger partial charge >= 0.3 is 5.97 Å². The maximum absolute atomic E-state index is 11.3. The monoisotopic (exact) mass is 294 g/mol. The fraction of sp³-hybridized carbons (Fsp3) is 0.429. The van der Waals surface area contributed by atoms with E-state index in [2.05, 4.69) is 11.4 Å². The Bertz CT molecular complexity index is 500. The van der Waals surface area contributed by atoms with E-state index in [1.165, 1.54) is 11.8 Å². The van der Waals surface area contributed by atoms with Gasteiger partial charge in [0.05, 0.1) is 11.3 Å². The molecule has 1 rings (SSSR count). The zero-order chi connectivity index (χ0) is 15.0. The van der Waals surface area contributed by atoms with E-state index in [4.69, 9.17) is 4.74 Å². The number of hydrogen-bond acceptors (Lipinski definition) is 5. The minimum absolute atomic E-state index is 0.442. The van der Waals surface area contributed by atoms with Crippen LogP contribution in [-0.2, 0) is 9.53 Å². The number of ether oxygens (including phenoxy) is 1. The molecule has 0 fully saturated rings. The van der Waals surface area contributed by atoms with Crippen molar-refractivity contribution in [2.24, 2.45) is 0 Å². The lowest BCUT2D eigenvalue weighted by Gasteiger charge is -2.17. The van der Waals surface area contributed by atoms with Gasteiger partial charge in [0.2, 0.25) is 0 Å². The minimum atomic E-state index is -0.931. The third-order valence-corrected chi connectivity index (χ3v) is 3.61. The lowest BCUT2D eigenvalue weighted by atomic mass is 10.1. The standard InChI is InChI=1S/C14H18N2O3S/c1-19-8-4-6-12(14(17)18)16-11-5-3-7-13(20-2)10(11)9-15/h3,5,7,12,16H,4,6,8H2,1-2H3,(H,17,18). The molecule has 0 spiro atoms. The van der Waals surface area contributed by atoms with Crippen molar-refractivity contribution in [3.63, 3.8) is 0 Å². The van der Waals surface area contributed by atoms with Crippen LogP contribution in [0.3, 0.4) is 0 Å². The number of carboxylic acid groups (broad SMARTS) is 1. The van der Waals surface area contributed by atoms with Gasteiger partial charge in [0.1, 0.15) is 12.1 Å². The molecular formula is C14H18N2O3S. The van der Waals surface area contributed by atoms with Gasteiger partial charge in [0, 0.05) is 18.6 Å². The molecule has 0 aliphatic heterocycles. The predicted octanol–water partition coefficient (Wildman–Crippen LogP) is 2.57. The minimum Gasteiger partial charge on any atom is -0.480 e. The highest BCUT2D eigenvalue weighted by Gasteiger charge is 2.19. The van der Waals surface area contributed by atoms with Crippen molar-refractivity contribution in [3.8, 4) is 6.07 Å². The van der Waals surface area contributed by atoms with Crippen molar-refractivity contribution < 1.29 is 14.6 Å². The predicted molar refractivity (Wildman–Crippen MR) is 79.1 cm³/mol. The molecule has 0 bridgehead atoms. The van der Waals surface area contributed by atoms with Crippen molar-refractivity contribution >= 4 is 23.4 Å². The zero-order valence-corrected chi connectivity index (χ0v) is 12.4. The molecule has 2 N–H and O–H groups in total. The van der Waals surface area contributed by atoms with Crippen LogP contribution in [0.15, 0.2) is 23.1 Å². The lowest BCUT2D eigenvalue weighted by Crippen LogP contribution is -2.29. The van der Waals surface area contributed by atoms with Crippen molar-refractivity contribution in [1.29, 1.82) is 5.26 Å². The number of nitrogens with zero attached hydrogens (tertiary/aromatic N) is 1. The Morgan fingerprint density at radius 3 is 2.90 bits per heavy atom. The maximum Gasteiger partial charge on any atom is 0.326 e. The summed E-state index contributed by atoms with van der Waals surface area (Å²) >= 11 is 1.46. The molecular weight excluding hydrogens is 276 g/mol. The number of methoxy groups -OCH3 is 1. The summed E-state index contributed by atoms with van der Waals surface area (Å²) in [6.45, 7) is 0.515. The van der Waals surface area contributed by atoms with Crippen LogP contribution in [0.2, 0.25) is 0 Å². The molecule has 0 aliphatic rings. The van der Waals surface area contributed by atoms with Crippen LogP contribution in [0.1, 0.15) is 18.4 Å². The topological polar surface area (TPSA) is 82.3 Å². The number of benzene rings is 1. The summed E-state index contributed by atoms with van der Waals surface area (Å²) in [5, 5.41) is 21.4. The molecule has 1 aromatic carbocycles. The first kappa shape index (κ1) is 16.3. The van der Waals surface area contributed by atoms with Crippen molar-refractivity contribution in [1.82, 2.24) is 0 Å². The number of nitrogens with one attached hydrogen (secondary N) is 1. The third kappa shape index (κ3) is 4.44. The number of rotatable bonds is 8. The van der Waals surface area contributed by atoms with Gasteiger partial charge in [-0.25, -0.2) is 4.79 Å². The highest BCUT2D eigenvalue weighted by atomic mass is 32.2. The molecule has 5 nitrogen and oxygen atoms in total. The summed E-state index contributed by atoms with van der Waals surface area (Å²) in [5.41, 5.74) is 1.04. The molecule has 0 amide bonds. The molecule has 1 atom stereocenters. The van der Waals surface area contributed by atoms with Gasteiger partial charge < -0.3 is 15.2 Å². The van der Waals surface area contributed by atoms with Crippen LogP contribution in [0.25, 0.3) is 0 Å². The van der Waals surface area contributed by atoms with Gasteiger partial charge in [0.25, 0.3) is 0 Å². The number of anilines is 1. The van der Waals surface area contributed by atoms with Gasteiger partial charge in [0.15, 0.2) is 0 Å². The van der Waals surface area contributed by atoms with Crippen LogP contribution in [0.5, 0.6) is 0 Å². The molecule has 0 saturated carbocycles. The summed E-state index contributed by atoms with van der Waals surface area (Å²) in [6.07, 6.45) is 2.97. The van der Waals surface area contributed by atoms with Gasteiger partial charge in [-0.3, -0.25) is 0 Å². The van der Waals surface area contributed by atoms with E-state index in [1.54, 1.807) is 13.2 Å². The number of hydrogen-bond donors (Lipinski definition) is 2. The highest BCUT2D eigenvalue weighted by Crippen LogP contribution is 2.27. The molecule has 0 radical (unpaired) electrons. The van der Waals surface area contributed by atoms with E-state index in [0.29, 0.717) is 30.7 Å². The fourth-order valence-electron chi connectivity index (χ4n) is 1.81. The normalized spacial score (nSPS) is 11.7. The van der Waals surface area contributed by atoms with E-state index in [1.807, 2.05) is 18.4 Å². The summed E-state index contributed by atoms with van der Waals surface area (Å²) in [7, 11) is 1.58. The van der Waals surface area contributed by atoms with Crippen molar-refractivity contribution in [2.75, 3.05) is 25.3 Å². The first-order valence-corrected chi connectivity index (χ1v) is 7.41. The molecule has 0 aromatic heterocycles. The molecule has 108 valence electrons. The Hall–Kier alpha value is -1.71. The molecule has 1 aromatic rings. The van der Waals surface area contributed by atoms with E-state index in [9.17, 15) is 15.2 Å². The second-order valence-electron chi connectivity index (χ2n) is 4.16.